The Morgan fingerprint density at radius 3 is 2.60 bits per heavy atom. The fourth-order valence-corrected chi connectivity index (χ4v) is 1.24. The number of ether oxygens (including phenoxy) is 1. The number of esters is 1. The summed E-state index contributed by atoms with van der Waals surface area (Å²) in [6, 6.07) is 0. The molecule has 0 aromatic rings. The van der Waals surface area contributed by atoms with Crippen molar-refractivity contribution in [2.24, 2.45) is 0 Å². The predicted octanol–water partition coefficient (Wildman–Crippen LogP) is 0.673. The Kier molecular flexibility index (Phi) is 3.44. The van der Waals surface area contributed by atoms with Gasteiger partial charge in [-0.05, 0) is 19.9 Å². The molecule has 2 N–H and O–H groups in total. The van der Waals surface area contributed by atoms with Gasteiger partial charge in [-0.1, -0.05) is 18.2 Å². The van der Waals surface area contributed by atoms with E-state index in [0.29, 0.717) is 0 Å². The summed E-state index contributed by atoms with van der Waals surface area (Å²) >= 11 is 0. The van der Waals surface area contributed by atoms with Crippen LogP contribution in [0.1, 0.15) is 13.8 Å². The highest BCUT2D eigenvalue weighted by atomic mass is 16.5. The van der Waals surface area contributed by atoms with Gasteiger partial charge in [0.2, 0.25) is 0 Å². The molecule has 0 amide bonds. The standard InChI is InChI=1S/C11H14O4/c1-3-4-5-6-8-9(11(2,13)14)7-15-10(8)12/h3-6,13-14H,7H2,1-2H3. The van der Waals surface area contributed by atoms with Crippen LogP contribution >= 0.6 is 0 Å². The first-order valence-corrected chi connectivity index (χ1v) is 4.61. The molecule has 0 bridgehead atoms. The van der Waals surface area contributed by atoms with E-state index in [9.17, 15) is 15.0 Å². The molecule has 1 heterocycles. The van der Waals surface area contributed by atoms with Crippen LogP contribution in [-0.2, 0) is 9.53 Å². The van der Waals surface area contributed by atoms with Crippen LogP contribution in [0.25, 0.3) is 0 Å². The molecule has 0 atom stereocenters. The van der Waals surface area contributed by atoms with Gasteiger partial charge in [-0.2, -0.15) is 0 Å². The van der Waals surface area contributed by atoms with E-state index < -0.39 is 11.8 Å². The Labute approximate surface area is 88.2 Å². The summed E-state index contributed by atoms with van der Waals surface area (Å²) in [5, 5.41) is 18.8. The minimum Gasteiger partial charge on any atom is -0.457 e. The largest absolute Gasteiger partial charge is 0.457 e. The zero-order chi connectivity index (χ0) is 11.5. The van der Waals surface area contributed by atoms with E-state index in [1.54, 1.807) is 18.2 Å². The van der Waals surface area contributed by atoms with Gasteiger partial charge in [0.15, 0.2) is 5.79 Å². The normalized spacial score (nSPS) is 18.3. The molecule has 4 nitrogen and oxygen atoms in total. The second kappa shape index (κ2) is 4.42. The molecule has 1 aliphatic heterocycles. The van der Waals surface area contributed by atoms with E-state index in [0.717, 1.165) is 0 Å². The number of hydrogen-bond acceptors (Lipinski definition) is 4. The van der Waals surface area contributed by atoms with E-state index in [-0.39, 0.29) is 17.8 Å². The summed E-state index contributed by atoms with van der Waals surface area (Å²) in [6.07, 6.45) is 6.69. The third-order valence-electron chi connectivity index (χ3n) is 2.03. The van der Waals surface area contributed by atoms with E-state index in [1.165, 1.54) is 13.0 Å². The van der Waals surface area contributed by atoms with Gasteiger partial charge in [-0.3, -0.25) is 0 Å². The van der Waals surface area contributed by atoms with Crippen molar-refractivity contribution >= 4 is 5.97 Å². The molecule has 0 unspecified atom stereocenters. The lowest BCUT2D eigenvalue weighted by atomic mass is 10.0. The molecular formula is C11H14O4. The Balaban J connectivity index is 3.02. The van der Waals surface area contributed by atoms with Crippen molar-refractivity contribution in [2.45, 2.75) is 19.6 Å². The second-order valence-electron chi connectivity index (χ2n) is 3.37. The number of rotatable bonds is 3. The van der Waals surface area contributed by atoms with Gasteiger partial charge < -0.3 is 14.9 Å². The maximum Gasteiger partial charge on any atom is 0.338 e. The van der Waals surface area contributed by atoms with Gasteiger partial charge >= 0.3 is 5.97 Å². The van der Waals surface area contributed by atoms with E-state index in [2.05, 4.69) is 0 Å². The SMILES string of the molecule is CC=CC=CC1=C(C(C)(O)O)COC1=O. The van der Waals surface area contributed by atoms with Gasteiger partial charge in [0.1, 0.15) is 6.61 Å². The molecule has 0 aliphatic carbocycles. The zero-order valence-electron chi connectivity index (χ0n) is 8.73. The van der Waals surface area contributed by atoms with Crippen molar-refractivity contribution in [1.29, 1.82) is 0 Å². The van der Waals surface area contributed by atoms with E-state index >= 15 is 0 Å². The van der Waals surface area contributed by atoms with Crippen LogP contribution in [0.5, 0.6) is 0 Å². The number of carbonyl (C=O) groups is 1. The first kappa shape index (κ1) is 11.7. The van der Waals surface area contributed by atoms with E-state index in [1.807, 2.05) is 6.92 Å². The molecule has 15 heavy (non-hydrogen) atoms. The Hall–Kier alpha value is -1.39. The highest BCUT2D eigenvalue weighted by Gasteiger charge is 2.33. The topological polar surface area (TPSA) is 66.8 Å². The first-order valence-electron chi connectivity index (χ1n) is 4.61. The van der Waals surface area contributed by atoms with Gasteiger partial charge in [0, 0.05) is 5.57 Å². The summed E-state index contributed by atoms with van der Waals surface area (Å²) in [5.41, 5.74) is 0.397. The van der Waals surface area contributed by atoms with Crippen molar-refractivity contribution in [2.75, 3.05) is 6.61 Å². The van der Waals surface area contributed by atoms with Crippen molar-refractivity contribution in [3.05, 3.63) is 35.5 Å². The lowest BCUT2D eigenvalue weighted by molar-refractivity contribution is -0.136. The highest BCUT2D eigenvalue weighted by Crippen LogP contribution is 2.25. The van der Waals surface area contributed by atoms with Gasteiger partial charge in [-0.25, -0.2) is 4.79 Å². The summed E-state index contributed by atoms with van der Waals surface area (Å²) in [7, 11) is 0. The summed E-state index contributed by atoms with van der Waals surface area (Å²) in [5.74, 6) is -2.54. The molecular weight excluding hydrogens is 196 g/mol. The smallest absolute Gasteiger partial charge is 0.338 e. The second-order valence-corrected chi connectivity index (χ2v) is 3.37. The molecule has 4 heteroatoms. The van der Waals surface area contributed by atoms with Crippen LogP contribution in [0.15, 0.2) is 35.5 Å². The molecule has 0 spiro atoms. The predicted molar refractivity (Wildman–Crippen MR) is 54.8 cm³/mol. The fraction of sp³-hybridized carbons (Fsp3) is 0.364. The van der Waals surface area contributed by atoms with Crippen LogP contribution in [0.2, 0.25) is 0 Å². The molecule has 0 saturated heterocycles. The monoisotopic (exact) mass is 210 g/mol. The molecule has 0 aromatic carbocycles. The summed E-state index contributed by atoms with van der Waals surface area (Å²) < 4.78 is 4.73. The molecule has 1 rings (SSSR count). The molecule has 0 radical (unpaired) electrons. The zero-order valence-corrected chi connectivity index (χ0v) is 8.73. The number of cyclic esters (lactones) is 1. The molecule has 0 saturated carbocycles. The van der Waals surface area contributed by atoms with Gasteiger partial charge in [-0.15, -0.1) is 0 Å². The Morgan fingerprint density at radius 2 is 2.07 bits per heavy atom. The molecule has 82 valence electrons. The van der Waals surface area contributed by atoms with Crippen LogP contribution < -0.4 is 0 Å². The van der Waals surface area contributed by atoms with Crippen molar-refractivity contribution in [3.63, 3.8) is 0 Å². The Bertz CT molecular complexity index is 342. The van der Waals surface area contributed by atoms with Crippen LogP contribution in [0.4, 0.5) is 0 Å². The number of allylic oxidation sites excluding steroid dienone is 3. The average molecular weight is 210 g/mol. The third kappa shape index (κ3) is 2.78. The van der Waals surface area contributed by atoms with Crippen molar-refractivity contribution < 1.29 is 19.7 Å². The minimum absolute atomic E-state index is 0.0716. The third-order valence-corrected chi connectivity index (χ3v) is 2.03. The summed E-state index contributed by atoms with van der Waals surface area (Å²) in [4.78, 5) is 11.2. The fourth-order valence-electron chi connectivity index (χ4n) is 1.24. The minimum atomic E-state index is -2.01. The average Bonchev–Trinajstić information content (AvgIpc) is 2.48. The lowest BCUT2D eigenvalue weighted by Gasteiger charge is -2.16. The maximum absolute atomic E-state index is 11.2. The molecule has 0 aromatic heterocycles. The first-order chi connectivity index (χ1) is 6.96. The quantitative estimate of drug-likeness (QED) is 0.408. The maximum atomic E-state index is 11.2. The van der Waals surface area contributed by atoms with Crippen molar-refractivity contribution in [3.8, 4) is 0 Å². The Morgan fingerprint density at radius 1 is 1.40 bits per heavy atom. The highest BCUT2D eigenvalue weighted by molar-refractivity contribution is 5.95. The molecule has 0 fully saturated rings. The number of carbonyl (C=O) groups excluding carboxylic acids is 1. The summed E-state index contributed by atoms with van der Waals surface area (Å²) in [6.45, 7) is 2.97. The van der Waals surface area contributed by atoms with Crippen LogP contribution in [0, 0.1) is 0 Å². The van der Waals surface area contributed by atoms with E-state index in [4.69, 9.17) is 4.74 Å². The van der Waals surface area contributed by atoms with Crippen LogP contribution in [-0.4, -0.2) is 28.6 Å². The molecule has 1 aliphatic rings. The van der Waals surface area contributed by atoms with Crippen LogP contribution in [0.3, 0.4) is 0 Å². The number of hydrogen-bond donors (Lipinski definition) is 2. The lowest BCUT2D eigenvalue weighted by Crippen LogP contribution is -2.27. The van der Waals surface area contributed by atoms with Gasteiger partial charge in [0.25, 0.3) is 0 Å². The number of aliphatic hydroxyl groups is 2. The van der Waals surface area contributed by atoms with Gasteiger partial charge in [0.05, 0.1) is 5.57 Å². The van der Waals surface area contributed by atoms with Crippen molar-refractivity contribution in [1.82, 2.24) is 0 Å².